The Hall–Kier alpha value is -4.50. The second kappa shape index (κ2) is 11.8. The molecule has 1 N–H and O–H groups in total. The zero-order valence-electron chi connectivity index (χ0n) is 26.0. The molecule has 0 fully saturated rings. The van der Waals surface area contributed by atoms with E-state index in [1.807, 2.05) is 54.6 Å². The van der Waals surface area contributed by atoms with Gasteiger partial charge in [-0.3, -0.25) is 9.78 Å². The minimum Gasteiger partial charge on any atom is -0.486 e. The number of aromatic nitrogens is 4. The number of fused-ring (bicyclic) bond motifs is 3. The number of carboxylic acids is 1. The highest BCUT2D eigenvalue weighted by atomic mass is 32.2. The number of rotatable bonds is 9. The highest BCUT2D eigenvalue weighted by Crippen LogP contribution is 2.43. The average molecular weight is 623 g/mol. The summed E-state index contributed by atoms with van der Waals surface area (Å²) >= 11 is 1.69. The number of pyridine rings is 3. The van der Waals surface area contributed by atoms with Crippen LogP contribution in [0.1, 0.15) is 51.7 Å². The van der Waals surface area contributed by atoms with E-state index in [1.54, 1.807) is 37.9 Å². The van der Waals surface area contributed by atoms with E-state index in [4.69, 9.17) is 19.7 Å². The number of ether oxygens (including phenoxy) is 1. The first-order chi connectivity index (χ1) is 21.4. The van der Waals surface area contributed by atoms with E-state index in [2.05, 4.69) is 25.3 Å². The van der Waals surface area contributed by atoms with Crippen LogP contribution in [0.3, 0.4) is 0 Å². The van der Waals surface area contributed by atoms with Crippen LogP contribution in [0.4, 0.5) is 4.39 Å². The van der Waals surface area contributed by atoms with Crippen LogP contribution in [-0.2, 0) is 24.4 Å². The Morgan fingerprint density at radius 1 is 0.911 bits per heavy atom. The van der Waals surface area contributed by atoms with Crippen molar-refractivity contribution in [3.8, 4) is 5.75 Å². The molecule has 0 spiro atoms. The number of hydrogen-bond acceptors (Lipinski definition) is 6. The summed E-state index contributed by atoms with van der Waals surface area (Å²) in [5, 5.41) is 12.8. The average Bonchev–Trinajstić information content (AvgIpc) is 3.25. The zero-order valence-corrected chi connectivity index (χ0v) is 26.8. The maximum Gasteiger partial charge on any atom is 0.309 e. The summed E-state index contributed by atoms with van der Waals surface area (Å²) < 4.78 is 21.9. The molecule has 0 bridgehead atoms. The number of hydrogen-bond donors (Lipinski definition) is 1. The summed E-state index contributed by atoms with van der Waals surface area (Å²) in [6.07, 6.45) is 1.99. The molecule has 2 aromatic carbocycles. The molecule has 230 valence electrons. The van der Waals surface area contributed by atoms with E-state index in [9.17, 15) is 14.3 Å². The van der Waals surface area contributed by atoms with Crippen molar-refractivity contribution in [2.45, 2.75) is 63.8 Å². The maximum absolute atomic E-state index is 13.8. The van der Waals surface area contributed by atoms with Crippen LogP contribution in [0.25, 0.3) is 32.8 Å². The van der Waals surface area contributed by atoms with E-state index < -0.39 is 11.4 Å². The van der Waals surface area contributed by atoms with Gasteiger partial charge in [-0.15, -0.1) is 11.8 Å². The van der Waals surface area contributed by atoms with Crippen molar-refractivity contribution in [2.24, 2.45) is 5.41 Å². The summed E-state index contributed by atoms with van der Waals surface area (Å²) in [5.74, 6) is -0.592. The molecule has 9 heteroatoms. The second-order valence-corrected chi connectivity index (χ2v) is 14.7. The minimum absolute atomic E-state index is 0.168. The lowest BCUT2D eigenvalue weighted by Gasteiger charge is -2.24. The Bertz CT molecular complexity index is 2070. The van der Waals surface area contributed by atoms with Crippen LogP contribution in [0.2, 0.25) is 0 Å². The first kappa shape index (κ1) is 30.5. The monoisotopic (exact) mass is 622 g/mol. The molecular weight excluding hydrogens is 587 g/mol. The van der Waals surface area contributed by atoms with Crippen LogP contribution in [0, 0.1) is 11.2 Å². The second-order valence-electron chi connectivity index (χ2n) is 12.9. The lowest BCUT2D eigenvalue weighted by atomic mass is 9.88. The third kappa shape index (κ3) is 6.63. The summed E-state index contributed by atoms with van der Waals surface area (Å²) in [7, 11) is 0. The quantitative estimate of drug-likeness (QED) is 0.162. The standard InChI is InChI=1S/C36H35FN4O3S/c1-35(2,3)45-32-28-17-27(44-21-26-14-10-22-8-6-7-9-29(22)40-26)19-38-33(28)41(31(32)18-36(4,5)34(42)43)20-25-13-11-23-16-24(37)12-15-30(23)39-25/h6-17,19H,18,20-21H2,1-5H3,(H,42,43). The molecule has 0 unspecified atom stereocenters. The van der Waals surface area contributed by atoms with Crippen molar-refractivity contribution in [1.82, 2.24) is 19.5 Å². The van der Waals surface area contributed by atoms with Gasteiger partial charge in [0.15, 0.2) is 0 Å². The van der Waals surface area contributed by atoms with Crippen LogP contribution < -0.4 is 4.74 Å². The molecule has 0 aliphatic rings. The third-order valence-corrected chi connectivity index (χ3v) is 8.87. The molecule has 0 saturated carbocycles. The van der Waals surface area contributed by atoms with E-state index in [0.717, 1.165) is 43.9 Å². The van der Waals surface area contributed by atoms with Gasteiger partial charge in [-0.2, -0.15) is 0 Å². The summed E-state index contributed by atoms with van der Waals surface area (Å²) in [6, 6.07) is 22.2. The number of carbonyl (C=O) groups is 1. The van der Waals surface area contributed by atoms with E-state index in [1.165, 1.54) is 12.1 Å². The first-order valence-corrected chi connectivity index (χ1v) is 15.6. The molecule has 7 nitrogen and oxygen atoms in total. The van der Waals surface area contributed by atoms with Crippen LogP contribution in [0.15, 0.2) is 83.9 Å². The van der Waals surface area contributed by atoms with Gasteiger partial charge in [-0.25, -0.2) is 14.4 Å². The summed E-state index contributed by atoms with van der Waals surface area (Å²) in [5.41, 5.74) is 3.72. The minimum atomic E-state index is -1.03. The molecule has 6 aromatic rings. The topological polar surface area (TPSA) is 90.1 Å². The Kier molecular flexibility index (Phi) is 7.99. The van der Waals surface area contributed by atoms with Gasteiger partial charge >= 0.3 is 5.97 Å². The van der Waals surface area contributed by atoms with Crippen LogP contribution in [-0.4, -0.2) is 35.3 Å². The number of carboxylic acid groups (broad SMARTS) is 1. The smallest absolute Gasteiger partial charge is 0.309 e. The number of halogens is 1. The molecule has 0 atom stereocenters. The van der Waals surface area contributed by atoms with Gasteiger partial charge in [0.2, 0.25) is 0 Å². The molecule has 0 amide bonds. The molecule has 0 saturated heterocycles. The highest BCUT2D eigenvalue weighted by molar-refractivity contribution is 8.00. The number of para-hydroxylation sites is 1. The predicted octanol–water partition coefficient (Wildman–Crippen LogP) is 8.44. The van der Waals surface area contributed by atoms with E-state index in [-0.39, 0.29) is 23.6 Å². The fraction of sp³-hybridized carbons (Fsp3) is 0.278. The van der Waals surface area contributed by atoms with Gasteiger partial charge in [-0.05, 0) is 56.3 Å². The molecule has 6 rings (SSSR count). The lowest BCUT2D eigenvalue weighted by Crippen LogP contribution is -2.28. The molecule has 0 aliphatic carbocycles. The van der Waals surface area contributed by atoms with Gasteiger partial charge in [0.1, 0.15) is 23.8 Å². The first-order valence-electron chi connectivity index (χ1n) is 14.8. The van der Waals surface area contributed by atoms with Gasteiger partial charge in [0, 0.05) is 37.9 Å². The molecule has 45 heavy (non-hydrogen) atoms. The largest absolute Gasteiger partial charge is 0.486 e. The Morgan fingerprint density at radius 3 is 2.40 bits per heavy atom. The van der Waals surface area contributed by atoms with Gasteiger partial charge in [-0.1, -0.05) is 51.1 Å². The fourth-order valence-corrected chi connectivity index (χ4v) is 6.47. The van der Waals surface area contributed by atoms with Crippen LogP contribution in [0.5, 0.6) is 5.75 Å². The number of aliphatic carboxylic acids is 1. The number of nitrogens with zero attached hydrogens (tertiary/aromatic N) is 4. The van der Waals surface area contributed by atoms with Crippen molar-refractivity contribution in [3.05, 3.63) is 102 Å². The van der Waals surface area contributed by atoms with Crippen molar-refractivity contribution in [3.63, 3.8) is 0 Å². The van der Waals surface area contributed by atoms with E-state index >= 15 is 0 Å². The summed E-state index contributed by atoms with van der Waals surface area (Å²) in [6.45, 7) is 10.5. The highest BCUT2D eigenvalue weighted by Gasteiger charge is 2.33. The van der Waals surface area contributed by atoms with Crippen molar-refractivity contribution < 1.29 is 19.0 Å². The normalized spacial score (nSPS) is 12.3. The van der Waals surface area contributed by atoms with Crippen LogP contribution >= 0.6 is 11.8 Å². The molecule has 0 radical (unpaired) electrons. The molecule has 4 heterocycles. The molecule has 4 aromatic heterocycles. The Morgan fingerprint density at radius 2 is 1.62 bits per heavy atom. The molecular formula is C36H35FN4O3S. The van der Waals surface area contributed by atoms with Crippen molar-refractivity contribution >= 4 is 50.6 Å². The Balaban J connectivity index is 1.44. The zero-order chi connectivity index (χ0) is 31.9. The Labute approximate surface area is 265 Å². The predicted molar refractivity (Wildman–Crippen MR) is 177 cm³/mol. The van der Waals surface area contributed by atoms with Gasteiger partial charge < -0.3 is 14.4 Å². The van der Waals surface area contributed by atoms with Crippen molar-refractivity contribution in [2.75, 3.05) is 0 Å². The SMILES string of the molecule is CC(C)(C)Sc1c(CC(C)(C)C(=O)O)n(Cc2ccc3cc(F)ccc3n2)c2ncc(OCc3ccc4ccccc4n3)cc12. The van der Waals surface area contributed by atoms with Gasteiger partial charge in [0.25, 0.3) is 0 Å². The number of benzene rings is 2. The number of thioether (sulfide) groups is 1. The van der Waals surface area contributed by atoms with E-state index in [0.29, 0.717) is 23.2 Å². The van der Waals surface area contributed by atoms with Crippen molar-refractivity contribution in [1.29, 1.82) is 0 Å². The fourth-order valence-electron chi connectivity index (χ4n) is 5.30. The molecule has 0 aliphatic heterocycles. The summed E-state index contributed by atoms with van der Waals surface area (Å²) in [4.78, 5) is 27.7. The maximum atomic E-state index is 13.8. The third-order valence-electron chi connectivity index (χ3n) is 7.60. The lowest BCUT2D eigenvalue weighted by molar-refractivity contribution is -0.146. The van der Waals surface area contributed by atoms with Gasteiger partial charge in [0.05, 0.1) is 40.6 Å².